The SMILES string of the molecule is Cc1cccc2c1OC[N+](c1cc([N+](=O)[O-])cc([N+](=O)[O-])c1)=C2. The van der Waals surface area contributed by atoms with Crippen LogP contribution >= 0.6 is 0 Å². The number of aryl methyl sites for hydroxylation is 1. The van der Waals surface area contributed by atoms with Crippen LogP contribution in [-0.2, 0) is 0 Å². The summed E-state index contributed by atoms with van der Waals surface area (Å²) in [6.07, 6.45) is 1.76. The fraction of sp³-hybridized carbons (Fsp3) is 0.133. The van der Waals surface area contributed by atoms with Gasteiger partial charge in [0.1, 0.15) is 5.75 Å². The van der Waals surface area contributed by atoms with Crippen molar-refractivity contribution in [1.29, 1.82) is 0 Å². The van der Waals surface area contributed by atoms with Crippen LogP contribution in [0, 0.1) is 27.2 Å². The Hall–Kier alpha value is -3.29. The van der Waals surface area contributed by atoms with Crippen molar-refractivity contribution in [3.05, 3.63) is 67.8 Å². The standard InChI is InChI=1S/C15H12N3O5/c1-10-3-2-4-11-8-16(9-23-15(10)11)12-5-13(17(19)20)7-14(6-12)18(21)22/h2-8H,9H2,1H3/q+1. The molecule has 2 aromatic carbocycles. The molecule has 0 amide bonds. The number of non-ortho nitro benzene ring substituents is 2. The van der Waals surface area contributed by atoms with Gasteiger partial charge in [-0.05, 0) is 18.6 Å². The average Bonchev–Trinajstić information content (AvgIpc) is 2.54. The Bertz CT molecular complexity index is 828. The first-order valence-corrected chi connectivity index (χ1v) is 6.73. The van der Waals surface area contributed by atoms with Gasteiger partial charge in [-0.1, -0.05) is 12.1 Å². The zero-order valence-electron chi connectivity index (χ0n) is 12.1. The van der Waals surface area contributed by atoms with E-state index in [9.17, 15) is 20.2 Å². The van der Waals surface area contributed by atoms with Crippen molar-refractivity contribution < 1.29 is 19.2 Å². The van der Waals surface area contributed by atoms with Gasteiger partial charge in [0.25, 0.3) is 18.1 Å². The van der Waals surface area contributed by atoms with Gasteiger partial charge in [-0.3, -0.25) is 20.2 Å². The minimum absolute atomic E-state index is 0.121. The van der Waals surface area contributed by atoms with E-state index >= 15 is 0 Å². The van der Waals surface area contributed by atoms with Crippen molar-refractivity contribution in [3.8, 4) is 5.75 Å². The summed E-state index contributed by atoms with van der Waals surface area (Å²) in [5.74, 6) is 0.740. The van der Waals surface area contributed by atoms with E-state index in [4.69, 9.17) is 4.74 Å². The molecule has 0 fully saturated rings. The van der Waals surface area contributed by atoms with Crippen LogP contribution < -0.4 is 4.74 Å². The van der Waals surface area contributed by atoms with Crippen molar-refractivity contribution in [2.75, 3.05) is 6.73 Å². The van der Waals surface area contributed by atoms with Gasteiger partial charge in [0, 0.05) is 0 Å². The highest BCUT2D eigenvalue weighted by molar-refractivity contribution is 5.82. The van der Waals surface area contributed by atoms with E-state index in [0.29, 0.717) is 5.69 Å². The molecule has 0 saturated carbocycles. The largest absolute Gasteiger partial charge is 0.435 e. The van der Waals surface area contributed by atoms with Gasteiger partial charge in [-0.25, -0.2) is 0 Å². The van der Waals surface area contributed by atoms with E-state index < -0.39 is 9.85 Å². The van der Waals surface area contributed by atoms with Crippen LogP contribution in [-0.4, -0.2) is 27.4 Å². The van der Waals surface area contributed by atoms with Crippen molar-refractivity contribution >= 4 is 23.3 Å². The second kappa shape index (κ2) is 5.48. The lowest BCUT2D eigenvalue weighted by atomic mass is 10.1. The molecular weight excluding hydrogens is 302 g/mol. The van der Waals surface area contributed by atoms with E-state index in [1.54, 1.807) is 10.8 Å². The third kappa shape index (κ3) is 2.73. The van der Waals surface area contributed by atoms with Gasteiger partial charge in [0.15, 0.2) is 6.21 Å². The average molecular weight is 314 g/mol. The van der Waals surface area contributed by atoms with E-state index in [1.807, 2.05) is 25.1 Å². The molecule has 1 aliphatic rings. The molecule has 0 spiro atoms. The summed E-state index contributed by atoms with van der Waals surface area (Å²) in [5.41, 5.74) is 1.45. The van der Waals surface area contributed by atoms with Crippen LogP contribution in [0.25, 0.3) is 0 Å². The minimum Gasteiger partial charge on any atom is -0.435 e. The predicted molar refractivity (Wildman–Crippen MR) is 81.5 cm³/mol. The Kier molecular flexibility index (Phi) is 3.49. The Morgan fingerprint density at radius 2 is 1.74 bits per heavy atom. The molecule has 0 aliphatic carbocycles. The molecule has 2 aromatic rings. The van der Waals surface area contributed by atoms with E-state index in [2.05, 4.69) is 0 Å². The molecule has 23 heavy (non-hydrogen) atoms. The van der Waals surface area contributed by atoms with Crippen LogP contribution in [0.5, 0.6) is 5.75 Å². The molecule has 1 aliphatic heterocycles. The lowest BCUT2D eigenvalue weighted by Crippen LogP contribution is -2.21. The number of ether oxygens (including phenoxy) is 1. The van der Waals surface area contributed by atoms with Gasteiger partial charge in [0.2, 0.25) is 5.69 Å². The van der Waals surface area contributed by atoms with E-state index in [0.717, 1.165) is 22.9 Å². The molecule has 0 atom stereocenters. The number of benzene rings is 2. The summed E-state index contributed by atoms with van der Waals surface area (Å²) in [7, 11) is 0. The Morgan fingerprint density at radius 1 is 1.09 bits per heavy atom. The summed E-state index contributed by atoms with van der Waals surface area (Å²) >= 11 is 0. The number of nitro benzene ring substituents is 2. The Balaban J connectivity index is 2.12. The van der Waals surface area contributed by atoms with Gasteiger partial charge < -0.3 is 4.74 Å². The molecule has 0 unspecified atom stereocenters. The van der Waals surface area contributed by atoms with Gasteiger partial charge in [0.05, 0.1) is 33.6 Å². The van der Waals surface area contributed by atoms with Gasteiger partial charge in [-0.2, -0.15) is 4.58 Å². The zero-order valence-corrected chi connectivity index (χ0v) is 12.1. The third-order valence-corrected chi connectivity index (χ3v) is 3.53. The summed E-state index contributed by atoms with van der Waals surface area (Å²) in [6, 6.07) is 9.14. The Morgan fingerprint density at radius 3 is 2.35 bits per heavy atom. The number of hydrogen-bond acceptors (Lipinski definition) is 5. The zero-order chi connectivity index (χ0) is 16.6. The molecule has 1 heterocycles. The highest BCUT2D eigenvalue weighted by atomic mass is 16.6. The van der Waals surface area contributed by atoms with Crippen molar-refractivity contribution in [1.82, 2.24) is 0 Å². The van der Waals surface area contributed by atoms with E-state index in [1.165, 1.54) is 12.1 Å². The second-order valence-corrected chi connectivity index (χ2v) is 5.09. The van der Waals surface area contributed by atoms with Gasteiger partial charge >= 0.3 is 0 Å². The van der Waals surface area contributed by atoms with Crippen molar-refractivity contribution in [2.45, 2.75) is 6.92 Å². The molecule has 3 rings (SSSR count). The summed E-state index contributed by atoms with van der Waals surface area (Å²) in [5, 5.41) is 22.0. The molecule has 116 valence electrons. The number of rotatable bonds is 3. The lowest BCUT2D eigenvalue weighted by Gasteiger charge is -2.15. The number of hydrogen-bond donors (Lipinski definition) is 0. The monoisotopic (exact) mass is 314 g/mol. The van der Waals surface area contributed by atoms with E-state index in [-0.39, 0.29) is 18.1 Å². The molecule has 8 nitrogen and oxygen atoms in total. The normalized spacial score (nSPS) is 12.8. The molecule has 0 N–H and O–H groups in total. The number of nitro groups is 2. The Labute approximate surface area is 130 Å². The lowest BCUT2D eigenvalue weighted by molar-refractivity contribution is -0.477. The molecule has 0 radical (unpaired) electrons. The first kappa shape index (κ1) is 14.6. The maximum atomic E-state index is 11.0. The van der Waals surface area contributed by atoms with Crippen molar-refractivity contribution in [3.63, 3.8) is 0 Å². The summed E-state index contributed by atoms with van der Waals surface area (Å²) in [4.78, 5) is 20.6. The second-order valence-electron chi connectivity index (χ2n) is 5.09. The number of nitrogens with zero attached hydrogens (tertiary/aromatic N) is 3. The maximum Gasteiger partial charge on any atom is 0.292 e. The quantitative estimate of drug-likeness (QED) is 0.493. The summed E-state index contributed by atoms with van der Waals surface area (Å²) in [6.45, 7) is 2.04. The van der Waals surface area contributed by atoms with Crippen molar-refractivity contribution in [2.24, 2.45) is 0 Å². The highest BCUT2D eigenvalue weighted by Crippen LogP contribution is 2.30. The van der Waals surface area contributed by atoms with Crippen LogP contribution in [0.15, 0.2) is 36.4 Å². The summed E-state index contributed by atoms with van der Waals surface area (Å²) < 4.78 is 7.28. The fourth-order valence-electron chi connectivity index (χ4n) is 2.42. The fourth-order valence-corrected chi connectivity index (χ4v) is 2.42. The molecule has 0 saturated heterocycles. The minimum atomic E-state index is -0.653. The van der Waals surface area contributed by atoms with Crippen LogP contribution in [0.1, 0.15) is 11.1 Å². The molecule has 0 aromatic heterocycles. The smallest absolute Gasteiger partial charge is 0.292 e. The van der Waals surface area contributed by atoms with Crippen LogP contribution in [0.3, 0.4) is 0 Å². The topological polar surface area (TPSA) is 98.5 Å². The molecule has 0 bridgehead atoms. The van der Waals surface area contributed by atoms with Crippen LogP contribution in [0.4, 0.5) is 17.1 Å². The third-order valence-electron chi connectivity index (χ3n) is 3.53. The predicted octanol–water partition coefficient (Wildman–Crippen LogP) is 2.92. The molecular formula is C15H12N3O5+. The molecule has 8 heteroatoms. The van der Waals surface area contributed by atoms with Crippen LogP contribution in [0.2, 0.25) is 0 Å². The number of para-hydroxylation sites is 1. The van der Waals surface area contributed by atoms with Gasteiger partial charge in [-0.15, -0.1) is 0 Å². The first-order chi connectivity index (χ1) is 11.0. The number of fused-ring (bicyclic) bond motifs is 1. The first-order valence-electron chi connectivity index (χ1n) is 6.73. The maximum absolute atomic E-state index is 11.0. The highest BCUT2D eigenvalue weighted by Gasteiger charge is 2.25.